The number of unbranched alkanes of at least 4 members (excludes halogenated alkanes) is 1. The van der Waals surface area contributed by atoms with E-state index in [1.165, 1.54) is 0 Å². The smallest absolute Gasteiger partial charge is 0.322 e. The fourth-order valence-electron chi connectivity index (χ4n) is 1.33. The summed E-state index contributed by atoms with van der Waals surface area (Å²) in [7, 11) is 0. The van der Waals surface area contributed by atoms with E-state index < -0.39 is 24.3 Å². The van der Waals surface area contributed by atoms with E-state index in [9.17, 15) is 14.4 Å². The van der Waals surface area contributed by atoms with Gasteiger partial charge in [-0.25, -0.2) is 5.06 Å². The lowest BCUT2D eigenvalue weighted by Gasteiger charge is -2.18. The maximum absolute atomic E-state index is 11.6. The van der Waals surface area contributed by atoms with Gasteiger partial charge in [-0.3, -0.25) is 19.6 Å². The number of hydrogen-bond acceptors (Lipinski definition) is 4. The summed E-state index contributed by atoms with van der Waals surface area (Å²) in [5, 5.41) is 20.1. The molecule has 0 aliphatic carbocycles. The summed E-state index contributed by atoms with van der Waals surface area (Å²) < 4.78 is 0. The molecular weight excluding hydrogens is 228 g/mol. The molecule has 3 N–H and O–H groups in total. The Morgan fingerprint density at radius 3 is 2.59 bits per heavy atom. The van der Waals surface area contributed by atoms with Crippen LogP contribution in [0.25, 0.3) is 0 Å². The minimum Gasteiger partial charge on any atom is -0.480 e. The number of carbonyl (C=O) groups excluding carboxylic acids is 2. The number of carboxylic acid groups (broad SMARTS) is 1. The van der Waals surface area contributed by atoms with Crippen molar-refractivity contribution in [1.82, 2.24) is 10.4 Å². The van der Waals surface area contributed by atoms with Crippen LogP contribution in [-0.4, -0.2) is 46.8 Å². The summed E-state index contributed by atoms with van der Waals surface area (Å²) in [6, 6.07) is 0. The van der Waals surface area contributed by atoms with Gasteiger partial charge in [0, 0.05) is 0 Å². The van der Waals surface area contributed by atoms with Crippen molar-refractivity contribution in [2.24, 2.45) is 5.92 Å². The largest absolute Gasteiger partial charge is 0.480 e. The van der Waals surface area contributed by atoms with Crippen LogP contribution in [-0.2, 0) is 14.4 Å². The van der Waals surface area contributed by atoms with Crippen molar-refractivity contribution in [2.75, 3.05) is 13.1 Å². The Balaban J connectivity index is 4.27. The number of carboxylic acids is 1. The number of rotatable bonds is 9. The highest BCUT2D eigenvalue weighted by Crippen LogP contribution is 2.09. The molecule has 0 aliphatic rings. The first kappa shape index (κ1) is 15.4. The molecular formula is C10H18N2O5. The fourth-order valence-corrected chi connectivity index (χ4v) is 1.33. The van der Waals surface area contributed by atoms with Crippen molar-refractivity contribution in [1.29, 1.82) is 0 Å². The fraction of sp³-hybridized carbons (Fsp3) is 0.700. The summed E-state index contributed by atoms with van der Waals surface area (Å²) >= 11 is 0. The summed E-state index contributed by atoms with van der Waals surface area (Å²) in [5.74, 6) is -2.20. The molecule has 0 aromatic carbocycles. The molecule has 7 nitrogen and oxygen atoms in total. The van der Waals surface area contributed by atoms with Gasteiger partial charge in [0.2, 0.25) is 12.3 Å². The van der Waals surface area contributed by atoms with Gasteiger partial charge < -0.3 is 10.4 Å². The van der Waals surface area contributed by atoms with Crippen LogP contribution >= 0.6 is 0 Å². The molecule has 0 aromatic rings. The van der Waals surface area contributed by atoms with Gasteiger partial charge in [-0.2, -0.15) is 0 Å². The Labute approximate surface area is 99.4 Å². The molecule has 0 fully saturated rings. The maximum atomic E-state index is 11.6. The standard InChI is InChI=1S/C10H18N2O5/c1-2-3-4-8(6-12(17)7-13)10(16)11-5-9(14)15/h7-8,17H,2-6H2,1H3,(H,11,16)(H,14,15). The third-order valence-electron chi connectivity index (χ3n) is 2.22. The van der Waals surface area contributed by atoms with Gasteiger partial charge in [0.15, 0.2) is 0 Å². The van der Waals surface area contributed by atoms with Crippen LogP contribution in [0.15, 0.2) is 0 Å². The molecule has 0 saturated carbocycles. The van der Waals surface area contributed by atoms with E-state index in [4.69, 9.17) is 10.3 Å². The van der Waals surface area contributed by atoms with Crippen LogP contribution in [0.5, 0.6) is 0 Å². The number of nitrogens with one attached hydrogen (secondary N) is 1. The first-order valence-electron chi connectivity index (χ1n) is 5.41. The molecule has 0 saturated heterocycles. The molecule has 0 aliphatic heterocycles. The lowest BCUT2D eigenvalue weighted by atomic mass is 10.0. The molecule has 1 atom stereocenters. The molecule has 98 valence electrons. The van der Waals surface area contributed by atoms with Gasteiger partial charge in [-0.05, 0) is 6.42 Å². The molecule has 0 heterocycles. The molecule has 17 heavy (non-hydrogen) atoms. The first-order valence-corrected chi connectivity index (χ1v) is 5.41. The molecule has 0 aromatic heterocycles. The van der Waals surface area contributed by atoms with Crippen LogP contribution in [0.2, 0.25) is 0 Å². The lowest BCUT2D eigenvalue weighted by Crippen LogP contribution is -2.39. The molecule has 0 radical (unpaired) electrons. The van der Waals surface area contributed by atoms with Crippen LogP contribution in [0.4, 0.5) is 0 Å². The average molecular weight is 246 g/mol. The van der Waals surface area contributed by atoms with E-state index in [-0.39, 0.29) is 13.0 Å². The Hall–Kier alpha value is -1.63. The topological polar surface area (TPSA) is 107 Å². The number of aliphatic carboxylic acids is 1. The summed E-state index contributed by atoms with van der Waals surface area (Å²) in [5.41, 5.74) is 0. The highest BCUT2D eigenvalue weighted by Gasteiger charge is 2.20. The van der Waals surface area contributed by atoms with Crippen molar-refractivity contribution >= 4 is 18.3 Å². The number of nitrogens with zero attached hydrogens (tertiary/aromatic N) is 1. The van der Waals surface area contributed by atoms with Crippen molar-refractivity contribution in [3.63, 3.8) is 0 Å². The third-order valence-corrected chi connectivity index (χ3v) is 2.22. The van der Waals surface area contributed by atoms with Crippen LogP contribution in [0.3, 0.4) is 0 Å². The van der Waals surface area contributed by atoms with E-state index in [1.54, 1.807) is 0 Å². The van der Waals surface area contributed by atoms with Crippen LogP contribution in [0.1, 0.15) is 26.2 Å². The predicted molar refractivity (Wildman–Crippen MR) is 58.2 cm³/mol. The Morgan fingerprint density at radius 2 is 2.12 bits per heavy atom. The van der Waals surface area contributed by atoms with Gasteiger partial charge in [-0.1, -0.05) is 19.8 Å². The van der Waals surface area contributed by atoms with Gasteiger partial charge in [0.1, 0.15) is 6.54 Å². The average Bonchev–Trinajstić information content (AvgIpc) is 2.30. The highest BCUT2D eigenvalue weighted by molar-refractivity contribution is 5.83. The minimum absolute atomic E-state index is 0.130. The Morgan fingerprint density at radius 1 is 1.47 bits per heavy atom. The van der Waals surface area contributed by atoms with E-state index in [2.05, 4.69) is 5.32 Å². The summed E-state index contributed by atoms with van der Waals surface area (Å²) in [6.07, 6.45) is 2.34. The molecule has 1 unspecified atom stereocenters. The SMILES string of the molecule is CCCCC(CN(O)C=O)C(=O)NCC(=O)O. The van der Waals surface area contributed by atoms with Crippen LogP contribution in [0, 0.1) is 5.92 Å². The summed E-state index contributed by atoms with van der Waals surface area (Å²) in [4.78, 5) is 32.1. The second-order valence-electron chi connectivity index (χ2n) is 3.68. The van der Waals surface area contributed by atoms with Crippen molar-refractivity contribution in [3.05, 3.63) is 0 Å². The molecule has 0 rings (SSSR count). The number of carbonyl (C=O) groups is 3. The van der Waals surface area contributed by atoms with E-state index >= 15 is 0 Å². The maximum Gasteiger partial charge on any atom is 0.322 e. The third kappa shape index (κ3) is 7.29. The van der Waals surface area contributed by atoms with Gasteiger partial charge in [-0.15, -0.1) is 0 Å². The van der Waals surface area contributed by atoms with Gasteiger partial charge in [0.05, 0.1) is 12.5 Å². The number of amides is 2. The monoisotopic (exact) mass is 246 g/mol. The quantitative estimate of drug-likeness (QED) is 0.298. The predicted octanol–water partition coefficient (Wildman–Crippen LogP) is -0.159. The molecule has 0 spiro atoms. The normalized spacial score (nSPS) is 11.6. The zero-order valence-electron chi connectivity index (χ0n) is 9.76. The van der Waals surface area contributed by atoms with Crippen LogP contribution < -0.4 is 5.32 Å². The Bertz CT molecular complexity index is 269. The van der Waals surface area contributed by atoms with E-state index in [1.807, 2.05) is 6.92 Å². The lowest BCUT2D eigenvalue weighted by molar-refractivity contribution is -0.155. The molecule has 2 amide bonds. The second-order valence-corrected chi connectivity index (χ2v) is 3.68. The number of hydrogen-bond donors (Lipinski definition) is 3. The zero-order chi connectivity index (χ0) is 13.3. The van der Waals surface area contributed by atoms with Crippen molar-refractivity contribution in [3.8, 4) is 0 Å². The van der Waals surface area contributed by atoms with Gasteiger partial charge >= 0.3 is 5.97 Å². The van der Waals surface area contributed by atoms with E-state index in [0.717, 1.165) is 12.8 Å². The second kappa shape index (κ2) is 8.51. The van der Waals surface area contributed by atoms with Crippen molar-refractivity contribution in [2.45, 2.75) is 26.2 Å². The van der Waals surface area contributed by atoms with Gasteiger partial charge in [0.25, 0.3) is 0 Å². The zero-order valence-corrected chi connectivity index (χ0v) is 9.76. The molecule has 0 bridgehead atoms. The van der Waals surface area contributed by atoms with Crippen molar-refractivity contribution < 1.29 is 24.7 Å². The summed E-state index contributed by atoms with van der Waals surface area (Å²) in [6.45, 7) is 1.35. The number of hydroxylamine groups is 2. The minimum atomic E-state index is -1.14. The van der Waals surface area contributed by atoms with E-state index in [0.29, 0.717) is 11.5 Å². The highest BCUT2D eigenvalue weighted by atomic mass is 16.5. The first-order chi connectivity index (χ1) is 8.01. The molecule has 7 heteroatoms. The Kier molecular flexibility index (Phi) is 7.70.